The molecule has 39 heavy (non-hydrogen) atoms. The largest absolute Gasteiger partial charge is 0.444 e. The predicted molar refractivity (Wildman–Crippen MR) is 136 cm³/mol. The molecule has 2 amide bonds. The number of pyridine rings is 1. The highest BCUT2D eigenvalue weighted by molar-refractivity contribution is 6.14. The number of nitrogens with one attached hydrogen (secondary N) is 1. The van der Waals surface area contributed by atoms with Gasteiger partial charge < -0.3 is 19.9 Å². The smallest absolute Gasteiger partial charge is 0.416 e. The molecule has 2 aliphatic rings. The quantitative estimate of drug-likeness (QED) is 0.511. The highest BCUT2D eigenvalue weighted by Gasteiger charge is 2.38. The Morgan fingerprint density at radius 3 is 2.46 bits per heavy atom. The van der Waals surface area contributed by atoms with Crippen LogP contribution >= 0.6 is 0 Å². The van der Waals surface area contributed by atoms with Crippen LogP contribution in [-0.4, -0.2) is 65.4 Å². The van der Waals surface area contributed by atoms with Crippen LogP contribution in [0.15, 0.2) is 35.5 Å². The third kappa shape index (κ3) is 7.12. The Balaban J connectivity index is 2.06. The van der Waals surface area contributed by atoms with E-state index in [-0.39, 0.29) is 48.1 Å². The fourth-order valence-electron chi connectivity index (χ4n) is 4.52. The summed E-state index contributed by atoms with van der Waals surface area (Å²) in [7, 11) is 0. The lowest BCUT2D eigenvalue weighted by atomic mass is 9.86. The van der Waals surface area contributed by atoms with Gasteiger partial charge in [-0.2, -0.15) is 13.2 Å². The Morgan fingerprint density at radius 1 is 1.26 bits per heavy atom. The van der Waals surface area contributed by atoms with Crippen LogP contribution in [0.25, 0.3) is 5.57 Å². The first kappa shape index (κ1) is 30.0. The van der Waals surface area contributed by atoms with Crippen LogP contribution in [0.1, 0.15) is 52.3 Å². The van der Waals surface area contributed by atoms with Gasteiger partial charge in [-0.25, -0.2) is 23.6 Å². The zero-order chi connectivity index (χ0) is 29.3. The van der Waals surface area contributed by atoms with Crippen LogP contribution in [0.5, 0.6) is 0 Å². The van der Waals surface area contributed by atoms with Crippen molar-refractivity contribution in [3.8, 4) is 0 Å². The summed E-state index contributed by atoms with van der Waals surface area (Å²) in [5.74, 6) is -2.50. The van der Waals surface area contributed by atoms with E-state index in [9.17, 15) is 31.5 Å². The first-order valence-corrected chi connectivity index (χ1v) is 12.3. The fraction of sp³-hybridized carbons (Fsp3) is 0.538. The predicted octanol–water partition coefficient (Wildman–Crippen LogP) is 5.26. The van der Waals surface area contributed by atoms with Gasteiger partial charge in [-0.15, -0.1) is 0 Å². The monoisotopic (exact) mass is 557 g/mol. The number of allylic oxidation sites excluding steroid dienone is 1. The number of aliphatic imine (C=N–C) groups is 1. The SMILES string of the molecule is C=CN=C1NC(=O)CC(C(F)F)/C1=C(/C)c1cc(C(F)(F)F)cc(N2CCN(C(=O)OC(C)(C)C)C(C)C2)n1. The molecule has 0 radical (unpaired) electrons. The summed E-state index contributed by atoms with van der Waals surface area (Å²) in [4.78, 5) is 36.0. The molecule has 2 fully saturated rings. The molecule has 2 aliphatic heterocycles. The van der Waals surface area contributed by atoms with Crippen LogP contribution in [0.4, 0.5) is 32.6 Å². The summed E-state index contributed by atoms with van der Waals surface area (Å²) in [6.45, 7) is 12.3. The second-order valence-electron chi connectivity index (χ2n) is 10.5. The van der Waals surface area contributed by atoms with Gasteiger partial charge in [-0.05, 0) is 52.3 Å². The number of anilines is 1. The molecule has 2 saturated heterocycles. The van der Waals surface area contributed by atoms with Gasteiger partial charge in [-0.1, -0.05) is 6.58 Å². The van der Waals surface area contributed by atoms with Crippen molar-refractivity contribution in [2.75, 3.05) is 24.5 Å². The van der Waals surface area contributed by atoms with Crippen molar-refractivity contribution in [1.29, 1.82) is 0 Å². The van der Waals surface area contributed by atoms with Crippen LogP contribution in [0, 0.1) is 5.92 Å². The number of halogens is 5. The number of nitrogens with zero attached hydrogens (tertiary/aromatic N) is 4. The van der Waals surface area contributed by atoms with Gasteiger partial charge in [0.25, 0.3) is 0 Å². The molecule has 3 rings (SSSR count). The lowest BCUT2D eigenvalue weighted by Crippen LogP contribution is -2.55. The van der Waals surface area contributed by atoms with Crippen molar-refractivity contribution in [3.63, 3.8) is 0 Å². The topological polar surface area (TPSA) is 87.1 Å². The van der Waals surface area contributed by atoms with Crippen LogP contribution in [-0.2, 0) is 15.7 Å². The van der Waals surface area contributed by atoms with E-state index in [1.807, 2.05) is 0 Å². The van der Waals surface area contributed by atoms with Crippen LogP contribution < -0.4 is 10.2 Å². The fourth-order valence-corrected chi connectivity index (χ4v) is 4.52. The number of aromatic nitrogens is 1. The number of rotatable bonds is 4. The molecule has 0 spiro atoms. The summed E-state index contributed by atoms with van der Waals surface area (Å²) in [5, 5.41) is 2.40. The summed E-state index contributed by atoms with van der Waals surface area (Å²) in [5.41, 5.74) is -1.99. The third-order valence-electron chi connectivity index (χ3n) is 6.32. The lowest BCUT2D eigenvalue weighted by molar-refractivity contribution is -0.137. The lowest BCUT2D eigenvalue weighted by Gasteiger charge is -2.41. The number of amides is 2. The number of alkyl halides is 5. The van der Waals surface area contributed by atoms with Crippen molar-refractivity contribution < 1.29 is 36.3 Å². The average molecular weight is 558 g/mol. The molecule has 1 N–H and O–H groups in total. The standard InChI is InChI=1S/C26H32F5N5O3/c1-7-32-23-21(17(22(27)28)12-20(37)34-23)15(3)18-10-16(26(29,30)31)11-19(33-18)35-8-9-36(14(2)13-35)24(38)39-25(4,5)6/h7,10-11,14,17,22H,1,8-9,12-13H2,2-6H3,(H,32,34,37)/b21-15+. The average Bonchev–Trinajstić information content (AvgIpc) is 2.81. The second kappa shape index (κ2) is 11.3. The molecule has 0 bridgehead atoms. The van der Waals surface area contributed by atoms with E-state index in [1.165, 1.54) is 11.8 Å². The first-order valence-electron chi connectivity index (χ1n) is 12.3. The molecular formula is C26H32F5N5O3. The van der Waals surface area contributed by atoms with Gasteiger partial charge in [0.1, 0.15) is 17.3 Å². The Hall–Kier alpha value is -3.51. The Labute approximate surface area is 223 Å². The van der Waals surface area contributed by atoms with E-state index in [0.717, 1.165) is 18.3 Å². The Morgan fingerprint density at radius 2 is 1.92 bits per heavy atom. The van der Waals surface area contributed by atoms with Crippen LogP contribution in [0.3, 0.4) is 0 Å². The molecule has 3 heterocycles. The maximum Gasteiger partial charge on any atom is 0.416 e. The van der Waals surface area contributed by atoms with Gasteiger partial charge in [0.05, 0.1) is 17.2 Å². The normalized spacial score (nSPS) is 23.2. The minimum absolute atomic E-state index is 0.0219. The summed E-state index contributed by atoms with van der Waals surface area (Å²) >= 11 is 0. The maximum atomic E-state index is 14.0. The molecule has 0 aromatic carbocycles. The number of piperidine rings is 1. The Bertz CT molecular complexity index is 1190. The highest BCUT2D eigenvalue weighted by atomic mass is 19.4. The van der Waals surface area contributed by atoms with Gasteiger partial charge in [-0.3, -0.25) is 4.79 Å². The molecule has 2 unspecified atom stereocenters. The van der Waals surface area contributed by atoms with Crippen LogP contribution in [0.2, 0.25) is 0 Å². The number of carbonyl (C=O) groups excluding carboxylic acids is 2. The van der Waals surface area contributed by atoms with Crippen molar-refractivity contribution in [3.05, 3.63) is 41.7 Å². The van der Waals surface area contributed by atoms with E-state index < -0.39 is 54.1 Å². The molecule has 214 valence electrons. The molecule has 1 aromatic rings. The molecular weight excluding hydrogens is 525 g/mol. The van der Waals surface area contributed by atoms with Gasteiger partial charge in [0.15, 0.2) is 0 Å². The number of ether oxygens (including phenoxy) is 1. The minimum atomic E-state index is -4.75. The number of carbonyl (C=O) groups is 2. The summed E-state index contributed by atoms with van der Waals surface area (Å²) in [6, 6.07) is 1.27. The van der Waals surface area contributed by atoms with Gasteiger partial charge >= 0.3 is 12.3 Å². The van der Waals surface area contributed by atoms with E-state index >= 15 is 0 Å². The Kier molecular flexibility index (Phi) is 8.71. The van der Waals surface area contributed by atoms with Crippen molar-refractivity contribution in [2.45, 2.75) is 65.3 Å². The molecule has 0 saturated carbocycles. The van der Waals surface area contributed by atoms with Gasteiger partial charge in [0.2, 0.25) is 12.3 Å². The number of hydrogen-bond acceptors (Lipinski definition) is 6. The highest BCUT2D eigenvalue weighted by Crippen LogP contribution is 2.37. The molecule has 8 nitrogen and oxygen atoms in total. The maximum absolute atomic E-state index is 14.0. The second-order valence-corrected chi connectivity index (χ2v) is 10.5. The van der Waals surface area contributed by atoms with E-state index in [1.54, 1.807) is 32.6 Å². The van der Waals surface area contributed by atoms with Gasteiger partial charge in [0, 0.05) is 43.9 Å². The summed E-state index contributed by atoms with van der Waals surface area (Å²) < 4.78 is 75.2. The van der Waals surface area contributed by atoms with Crippen molar-refractivity contribution in [2.24, 2.45) is 10.9 Å². The van der Waals surface area contributed by atoms with E-state index in [0.29, 0.717) is 0 Å². The van der Waals surface area contributed by atoms with E-state index in [2.05, 4.69) is 21.9 Å². The first-order chi connectivity index (χ1) is 18.0. The number of piperazine rings is 1. The molecule has 13 heteroatoms. The molecule has 1 aromatic heterocycles. The van der Waals surface area contributed by atoms with E-state index in [4.69, 9.17) is 4.74 Å². The number of hydrogen-bond donors (Lipinski definition) is 1. The number of amidine groups is 1. The molecule has 0 aliphatic carbocycles. The zero-order valence-electron chi connectivity index (χ0n) is 22.4. The zero-order valence-corrected chi connectivity index (χ0v) is 22.4. The third-order valence-corrected chi connectivity index (χ3v) is 6.32. The van der Waals surface area contributed by atoms with Crippen molar-refractivity contribution >= 4 is 29.2 Å². The summed E-state index contributed by atoms with van der Waals surface area (Å²) in [6.07, 6.45) is -7.76. The molecule has 2 atom stereocenters. The van der Waals surface area contributed by atoms with Crippen molar-refractivity contribution in [1.82, 2.24) is 15.2 Å². The minimum Gasteiger partial charge on any atom is -0.444 e.